The fraction of sp³-hybridized carbons (Fsp3) is 0.429. The van der Waals surface area contributed by atoms with Crippen LogP contribution < -0.4 is 14.2 Å². The summed E-state index contributed by atoms with van der Waals surface area (Å²) in [5.41, 5.74) is 1.11. The van der Waals surface area contributed by atoms with Gasteiger partial charge in [-0.05, 0) is 62.8 Å². The number of likely N-dealkylation sites (tertiary alicyclic amines) is 1. The first-order valence-electron chi connectivity index (χ1n) is 12.4. The number of ether oxygens (including phenoxy) is 3. The fourth-order valence-corrected chi connectivity index (χ4v) is 4.54. The van der Waals surface area contributed by atoms with E-state index in [1.165, 1.54) is 7.11 Å². The lowest BCUT2D eigenvalue weighted by atomic mass is 9.95. The topological polar surface area (TPSA) is 88.5 Å². The summed E-state index contributed by atoms with van der Waals surface area (Å²) in [6.07, 6.45) is 0.693. The summed E-state index contributed by atoms with van der Waals surface area (Å²) in [6.45, 7) is 9.50. The monoisotopic (exact) mass is 496 g/mol. The second-order valence-corrected chi connectivity index (χ2v) is 8.45. The minimum Gasteiger partial charge on any atom is -0.507 e. The normalized spacial score (nSPS) is 17.1. The van der Waals surface area contributed by atoms with E-state index in [4.69, 9.17) is 14.2 Å². The SMILES string of the molecule is CCOc1cccc(C(O)=C2C(=O)C(=O)N(CCCN(CC)CC)C2c2ccc(OC)c(OC)c2)c1. The van der Waals surface area contributed by atoms with E-state index in [9.17, 15) is 14.7 Å². The first kappa shape index (κ1) is 27.1. The van der Waals surface area contributed by atoms with Crippen LogP contribution in [0.5, 0.6) is 17.2 Å². The van der Waals surface area contributed by atoms with Crippen LogP contribution in [-0.4, -0.2) is 73.6 Å². The number of hydrogen-bond donors (Lipinski definition) is 1. The van der Waals surface area contributed by atoms with Gasteiger partial charge in [0.15, 0.2) is 11.5 Å². The fourth-order valence-electron chi connectivity index (χ4n) is 4.54. The molecule has 1 heterocycles. The average molecular weight is 497 g/mol. The van der Waals surface area contributed by atoms with Gasteiger partial charge < -0.3 is 29.1 Å². The van der Waals surface area contributed by atoms with Crippen molar-refractivity contribution in [3.05, 3.63) is 59.2 Å². The largest absolute Gasteiger partial charge is 0.507 e. The van der Waals surface area contributed by atoms with E-state index >= 15 is 0 Å². The van der Waals surface area contributed by atoms with Gasteiger partial charge in [-0.2, -0.15) is 0 Å². The molecule has 0 radical (unpaired) electrons. The van der Waals surface area contributed by atoms with Gasteiger partial charge in [0.05, 0.1) is 32.4 Å². The predicted octanol–water partition coefficient (Wildman–Crippen LogP) is 4.26. The van der Waals surface area contributed by atoms with Crippen LogP contribution in [0.4, 0.5) is 0 Å². The van der Waals surface area contributed by atoms with Crippen molar-refractivity contribution < 1.29 is 28.9 Å². The number of hydrogen-bond acceptors (Lipinski definition) is 7. The minimum absolute atomic E-state index is 0.0451. The van der Waals surface area contributed by atoms with Gasteiger partial charge in [0.2, 0.25) is 0 Å². The van der Waals surface area contributed by atoms with Gasteiger partial charge >= 0.3 is 0 Å². The van der Waals surface area contributed by atoms with Crippen LogP contribution in [0.2, 0.25) is 0 Å². The van der Waals surface area contributed by atoms with Crippen LogP contribution in [0.25, 0.3) is 5.76 Å². The molecule has 0 aromatic heterocycles. The maximum atomic E-state index is 13.3. The smallest absolute Gasteiger partial charge is 0.295 e. The molecule has 1 unspecified atom stereocenters. The molecule has 36 heavy (non-hydrogen) atoms. The number of amides is 1. The third-order valence-electron chi connectivity index (χ3n) is 6.45. The summed E-state index contributed by atoms with van der Waals surface area (Å²) >= 11 is 0. The van der Waals surface area contributed by atoms with Crippen LogP contribution in [0.1, 0.15) is 44.4 Å². The Balaban J connectivity index is 2.10. The molecular weight excluding hydrogens is 460 g/mol. The van der Waals surface area contributed by atoms with Gasteiger partial charge in [-0.1, -0.05) is 32.0 Å². The Labute approximate surface area is 213 Å². The molecule has 194 valence electrons. The number of Topliss-reactive ketones (excluding diaryl/α,β-unsaturated/α-hetero) is 1. The number of aliphatic hydroxyl groups excluding tert-OH is 1. The van der Waals surface area contributed by atoms with E-state index in [1.807, 2.05) is 6.92 Å². The Morgan fingerprint density at radius 3 is 2.36 bits per heavy atom. The maximum absolute atomic E-state index is 13.3. The Morgan fingerprint density at radius 1 is 1.00 bits per heavy atom. The number of aliphatic hydroxyl groups is 1. The van der Waals surface area contributed by atoms with E-state index in [1.54, 1.807) is 54.5 Å². The molecule has 1 aliphatic rings. The van der Waals surface area contributed by atoms with Crippen LogP contribution in [0.15, 0.2) is 48.0 Å². The summed E-state index contributed by atoms with van der Waals surface area (Å²) in [4.78, 5) is 30.4. The quantitative estimate of drug-likeness (QED) is 0.267. The number of methoxy groups -OCH3 is 2. The Bertz CT molecular complexity index is 1110. The van der Waals surface area contributed by atoms with Crippen LogP contribution in [0, 0.1) is 0 Å². The van der Waals surface area contributed by atoms with Crippen molar-refractivity contribution >= 4 is 17.4 Å². The van der Waals surface area contributed by atoms with Crippen LogP contribution in [-0.2, 0) is 9.59 Å². The van der Waals surface area contributed by atoms with Gasteiger partial charge in [-0.3, -0.25) is 9.59 Å². The first-order chi connectivity index (χ1) is 17.4. The number of carbonyl (C=O) groups excluding carboxylic acids is 2. The van der Waals surface area contributed by atoms with E-state index in [2.05, 4.69) is 18.7 Å². The molecule has 8 heteroatoms. The summed E-state index contributed by atoms with van der Waals surface area (Å²) in [5, 5.41) is 11.3. The summed E-state index contributed by atoms with van der Waals surface area (Å²) in [7, 11) is 3.07. The summed E-state index contributed by atoms with van der Waals surface area (Å²) < 4.78 is 16.4. The van der Waals surface area contributed by atoms with E-state index in [0.717, 1.165) is 19.6 Å². The van der Waals surface area contributed by atoms with Crippen LogP contribution >= 0.6 is 0 Å². The highest BCUT2D eigenvalue weighted by Crippen LogP contribution is 2.42. The highest BCUT2D eigenvalue weighted by atomic mass is 16.5. The molecule has 1 saturated heterocycles. The molecule has 2 aromatic rings. The third-order valence-corrected chi connectivity index (χ3v) is 6.45. The Kier molecular flexibility index (Phi) is 9.36. The lowest BCUT2D eigenvalue weighted by Gasteiger charge is -2.27. The Hall–Kier alpha value is -3.52. The lowest BCUT2D eigenvalue weighted by molar-refractivity contribution is -0.140. The van der Waals surface area contributed by atoms with Gasteiger partial charge in [0.1, 0.15) is 11.5 Å². The minimum atomic E-state index is -0.766. The van der Waals surface area contributed by atoms with E-state index < -0.39 is 17.7 Å². The molecule has 0 bridgehead atoms. The molecular formula is C28H36N2O6. The third kappa shape index (κ3) is 5.65. The number of carbonyl (C=O) groups is 2. The van der Waals surface area contributed by atoms with E-state index in [-0.39, 0.29) is 11.3 Å². The number of ketones is 1. The van der Waals surface area contributed by atoms with Crippen molar-refractivity contribution in [3.63, 3.8) is 0 Å². The zero-order chi connectivity index (χ0) is 26.2. The van der Waals surface area contributed by atoms with Crippen LogP contribution in [0.3, 0.4) is 0 Å². The second-order valence-electron chi connectivity index (χ2n) is 8.45. The standard InChI is InChI=1S/C28H36N2O6/c1-6-29(7-2)15-10-16-30-25(19-13-14-22(34-4)23(18-19)35-5)24(27(32)28(30)33)26(31)20-11-9-12-21(17-20)36-8-3/h9,11-14,17-18,25,31H,6-8,10,15-16H2,1-5H3. The highest BCUT2D eigenvalue weighted by molar-refractivity contribution is 6.46. The molecule has 1 N–H and O–H groups in total. The number of nitrogens with zero attached hydrogens (tertiary/aromatic N) is 2. The van der Waals surface area contributed by atoms with Crippen molar-refractivity contribution in [3.8, 4) is 17.2 Å². The molecule has 1 atom stereocenters. The van der Waals surface area contributed by atoms with Crippen molar-refractivity contribution in [1.29, 1.82) is 0 Å². The molecule has 0 aliphatic carbocycles. The van der Waals surface area contributed by atoms with Crippen molar-refractivity contribution in [1.82, 2.24) is 9.80 Å². The first-order valence-corrected chi connectivity index (χ1v) is 12.4. The maximum Gasteiger partial charge on any atom is 0.295 e. The number of rotatable bonds is 12. The van der Waals surface area contributed by atoms with Gasteiger partial charge in [-0.15, -0.1) is 0 Å². The predicted molar refractivity (Wildman–Crippen MR) is 139 cm³/mol. The molecule has 1 amide bonds. The molecule has 8 nitrogen and oxygen atoms in total. The van der Waals surface area contributed by atoms with Crippen molar-refractivity contribution in [2.24, 2.45) is 0 Å². The zero-order valence-electron chi connectivity index (χ0n) is 21.7. The molecule has 1 fully saturated rings. The Morgan fingerprint density at radius 2 is 1.72 bits per heavy atom. The van der Waals surface area contributed by atoms with Gasteiger partial charge in [0.25, 0.3) is 11.7 Å². The average Bonchev–Trinajstić information content (AvgIpc) is 3.15. The van der Waals surface area contributed by atoms with E-state index in [0.29, 0.717) is 47.9 Å². The van der Waals surface area contributed by atoms with Gasteiger partial charge in [-0.25, -0.2) is 0 Å². The molecule has 0 saturated carbocycles. The molecule has 2 aromatic carbocycles. The second kappa shape index (κ2) is 12.4. The highest BCUT2D eigenvalue weighted by Gasteiger charge is 2.46. The molecule has 1 aliphatic heterocycles. The summed E-state index contributed by atoms with van der Waals surface area (Å²) in [6, 6.07) is 11.4. The lowest BCUT2D eigenvalue weighted by Crippen LogP contribution is -2.33. The van der Waals surface area contributed by atoms with Crippen molar-refractivity contribution in [2.75, 3.05) is 47.0 Å². The molecule has 0 spiro atoms. The van der Waals surface area contributed by atoms with Crippen molar-refractivity contribution in [2.45, 2.75) is 33.2 Å². The van der Waals surface area contributed by atoms with Gasteiger partial charge in [0, 0.05) is 12.1 Å². The zero-order valence-corrected chi connectivity index (χ0v) is 21.7. The molecule has 3 rings (SSSR count). The summed E-state index contributed by atoms with van der Waals surface area (Å²) in [5.74, 6) is -0.00129. The number of benzene rings is 2.